The molecule has 2 aliphatic rings. The van der Waals surface area contributed by atoms with Crippen LogP contribution < -0.4 is 5.32 Å². The Hall–Kier alpha value is -1.56. The van der Waals surface area contributed by atoms with E-state index in [9.17, 15) is 9.59 Å². The van der Waals surface area contributed by atoms with Gasteiger partial charge in [0.25, 0.3) is 0 Å². The summed E-state index contributed by atoms with van der Waals surface area (Å²) in [7, 11) is 0. The van der Waals surface area contributed by atoms with Crippen molar-refractivity contribution in [2.24, 2.45) is 0 Å². The Labute approximate surface area is 135 Å². The summed E-state index contributed by atoms with van der Waals surface area (Å²) in [6.07, 6.45) is 4.20. The first-order valence-electron chi connectivity index (χ1n) is 7.94. The van der Waals surface area contributed by atoms with Gasteiger partial charge in [0.1, 0.15) is 0 Å². The number of hydrogen-bond donors (Lipinski definition) is 1. The first kappa shape index (κ1) is 15.3. The fourth-order valence-electron chi connectivity index (χ4n) is 3.12. The lowest BCUT2D eigenvalue weighted by Gasteiger charge is -2.30. The standard InChI is InChI=1S/C16H23N3O2S/c1-11-9-22-10-15(11)17-16(21)18-7-3-4-14(18)8-19(12(2)20)13-5-6-13/h9-10,13-14H,3-8H2,1-2H3,(H,17,21)/t14-/m0/s1. The second-order valence-corrected chi connectivity index (χ2v) is 7.03. The number of anilines is 1. The Balaban J connectivity index is 1.63. The molecule has 0 bridgehead atoms. The summed E-state index contributed by atoms with van der Waals surface area (Å²) in [6.45, 7) is 5.08. The molecule has 1 saturated heterocycles. The number of carbonyl (C=O) groups is 2. The molecule has 6 heteroatoms. The zero-order valence-corrected chi connectivity index (χ0v) is 14.0. The fraction of sp³-hybridized carbons (Fsp3) is 0.625. The number of aryl methyl sites for hydroxylation is 1. The summed E-state index contributed by atoms with van der Waals surface area (Å²) in [5.41, 5.74) is 1.99. The van der Waals surface area contributed by atoms with E-state index in [0.29, 0.717) is 12.6 Å². The van der Waals surface area contributed by atoms with Gasteiger partial charge in [0.05, 0.1) is 11.7 Å². The van der Waals surface area contributed by atoms with Gasteiger partial charge in [-0.05, 0) is 43.6 Å². The van der Waals surface area contributed by atoms with Crippen molar-refractivity contribution in [3.8, 4) is 0 Å². The van der Waals surface area contributed by atoms with Crippen LogP contribution in [0.4, 0.5) is 10.5 Å². The zero-order chi connectivity index (χ0) is 15.7. The molecule has 0 unspecified atom stereocenters. The van der Waals surface area contributed by atoms with Crippen LogP contribution in [0.2, 0.25) is 0 Å². The Bertz CT molecular complexity index is 567. The predicted molar refractivity (Wildman–Crippen MR) is 88.2 cm³/mol. The van der Waals surface area contributed by atoms with Gasteiger partial charge >= 0.3 is 6.03 Å². The van der Waals surface area contributed by atoms with E-state index in [-0.39, 0.29) is 18.0 Å². The van der Waals surface area contributed by atoms with Gasteiger partial charge in [-0.25, -0.2) is 4.79 Å². The van der Waals surface area contributed by atoms with E-state index in [1.807, 2.05) is 27.5 Å². The average molecular weight is 321 g/mol. The molecule has 0 radical (unpaired) electrons. The Morgan fingerprint density at radius 2 is 2.14 bits per heavy atom. The maximum atomic E-state index is 12.5. The molecule has 3 amide bonds. The first-order valence-corrected chi connectivity index (χ1v) is 8.88. The lowest BCUT2D eigenvalue weighted by Crippen LogP contribution is -2.46. The monoisotopic (exact) mass is 321 g/mol. The van der Waals surface area contributed by atoms with Crippen LogP contribution in [0, 0.1) is 6.92 Å². The van der Waals surface area contributed by atoms with Gasteiger partial charge in [-0.3, -0.25) is 4.79 Å². The minimum atomic E-state index is -0.0386. The van der Waals surface area contributed by atoms with E-state index in [0.717, 1.165) is 43.5 Å². The summed E-state index contributed by atoms with van der Waals surface area (Å²) < 4.78 is 0. The lowest BCUT2D eigenvalue weighted by molar-refractivity contribution is -0.130. The van der Waals surface area contributed by atoms with E-state index in [2.05, 4.69) is 5.32 Å². The maximum Gasteiger partial charge on any atom is 0.322 e. The van der Waals surface area contributed by atoms with E-state index in [1.165, 1.54) is 0 Å². The molecule has 1 atom stereocenters. The third-order valence-corrected chi connectivity index (χ3v) is 5.40. The Kier molecular flexibility index (Phi) is 4.38. The fourth-order valence-corrected chi connectivity index (χ4v) is 3.90. The number of carbonyl (C=O) groups excluding carboxylic acids is 2. The van der Waals surface area contributed by atoms with Crippen LogP contribution in [0.5, 0.6) is 0 Å². The van der Waals surface area contributed by atoms with Gasteiger partial charge in [-0.15, -0.1) is 11.3 Å². The van der Waals surface area contributed by atoms with Crippen molar-refractivity contribution < 1.29 is 9.59 Å². The number of nitrogens with one attached hydrogen (secondary N) is 1. The third kappa shape index (κ3) is 3.27. The van der Waals surface area contributed by atoms with Gasteiger partial charge < -0.3 is 15.1 Å². The van der Waals surface area contributed by atoms with Crippen molar-refractivity contribution in [2.75, 3.05) is 18.4 Å². The number of hydrogen-bond acceptors (Lipinski definition) is 3. The maximum absolute atomic E-state index is 12.5. The van der Waals surface area contributed by atoms with Crippen molar-refractivity contribution in [2.45, 2.75) is 51.6 Å². The molecule has 0 spiro atoms. The Morgan fingerprint density at radius 3 is 2.73 bits per heavy atom. The summed E-state index contributed by atoms with van der Waals surface area (Å²) in [5, 5.41) is 7.00. The van der Waals surface area contributed by atoms with Crippen molar-refractivity contribution >= 4 is 29.0 Å². The number of nitrogens with zero attached hydrogens (tertiary/aromatic N) is 2. The number of urea groups is 1. The number of rotatable bonds is 4. The van der Waals surface area contributed by atoms with Crippen LogP contribution in [0.1, 0.15) is 38.2 Å². The molecular formula is C16H23N3O2S. The summed E-state index contributed by atoms with van der Waals surface area (Å²) in [6, 6.07) is 0.508. The van der Waals surface area contributed by atoms with Crippen LogP contribution in [0.15, 0.2) is 10.8 Å². The van der Waals surface area contributed by atoms with Crippen LogP contribution in [-0.2, 0) is 4.79 Å². The van der Waals surface area contributed by atoms with Gasteiger partial charge in [0, 0.05) is 31.4 Å². The molecule has 3 rings (SSSR count). The van der Waals surface area contributed by atoms with Crippen LogP contribution >= 0.6 is 11.3 Å². The lowest BCUT2D eigenvalue weighted by atomic mass is 10.2. The quantitative estimate of drug-likeness (QED) is 0.926. The van der Waals surface area contributed by atoms with Crippen LogP contribution in [-0.4, -0.2) is 46.9 Å². The Morgan fingerprint density at radius 1 is 1.36 bits per heavy atom. The molecule has 1 saturated carbocycles. The average Bonchev–Trinajstić information content (AvgIpc) is 3.07. The molecule has 1 aliphatic carbocycles. The highest BCUT2D eigenvalue weighted by Gasteiger charge is 2.36. The van der Waals surface area contributed by atoms with Gasteiger partial charge in [0.15, 0.2) is 0 Å². The van der Waals surface area contributed by atoms with Gasteiger partial charge in [-0.2, -0.15) is 0 Å². The summed E-state index contributed by atoms with van der Waals surface area (Å²) in [5.74, 6) is 0.128. The van der Waals surface area contributed by atoms with Crippen LogP contribution in [0.3, 0.4) is 0 Å². The second kappa shape index (κ2) is 6.28. The smallest absolute Gasteiger partial charge is 0.322 e. The SMILES string of the molecule is CC(=O)N(C[C@@H]1CCCN1C(=O)Nc1cscc1C)C1CC1. The summed E-state index contributed by atoms with van der Waals surface area (Å²) >= 11 is 1.59. The van der Waals surface area contributed by atoms with E-state index in [1.54, 1.807) is 18.3 Å². The van der Waals surface area contributed by atoms with Gasteiger partial charge in [0.2, 0.25) is 5.91 Å². The highest BCUT2D eigenvalue weighted by atomic mass is 32.1. The normalized spacial score (nSPS) is 21.0. The molecule has 1 N–H and O–H groups in total. The van der Waals surface area contributed by atoms with Gasteiger partial charge in [-0.1, -0.05) is 0 Å². The first-order chi connectivity index (χ1) is 10.6. The molecular weight excluding hydrogens is 298 g/mol. The predicted octanol–water partition coefficient (Wildman–Crippen LogP) is 3.06. The molecule has 1 aliphatic heterocycles. The number of amides is 3. The van der Waals surface area contributed by atoms with Crippen molar-refractivity contribution in [1.82, 2.24) is 9.80 Å². The second-order valence-electron chi connectivity index (χ2n) is 6.29. The van der Waals surface area contributed by atoms with E-state index < -0.39 is 0 Å². The van der Waals surface area contributed by atoms with E-state index in [4.69, 9.17) is 0 Å². The molecule has 0 aromatic carbocycles. The van der Waals surface area contributed by atoms with E-state index >= 15 is 0 Å². The topological polar surface area (TPSA) is 52.7 Å². The molecule has 2 fully saturated rings. The minimum Gasteiger partial charge on any atom is -0.338 e. The van der Waals surface area contributed by atoms with Crippen molar-refractivity contribution in [1.29, 1.82) is 0 Å². The molecule has 120 valence electrons. The zero-order valence-electron chi connectivity index (χ0n) is 13.2. The molecule has 5 nitrogen and oxygen atoms in total. The largest absolute Gasteiger partial charge is 0.338 e. The highest BCUT2D eigenvalue weighted by molar-refractivity contribution is 7.08. The summed E-state index contributed by atoms with van der Waals surface area (Å²) in [4.78, 5) is 28.2. The van der Waals surface area contributed by atoms with Crippen molar-refractivity contribution in [3.63, 3.8) is 0 Å². The molecule has 1 aromatic rings. The number of thiophene rings is 1. The highest BCUT2D eigenvalue weighted by Crippen LogP contribution is 2.29. The molecule has 1 aromatic heterocycles. The number of likely N-dealkylation sites (tertiary alicyclic amines) is 1. The molecule has 2 heterocycles. The van der Waals surface area contributed by atoms with Crippen LogP contribution in [0.25, 0.3) is 0 Å². The third-order valence-electron chi connectivity index (χ3n) is 4.53. The van der Waals surface area contributed by atoms with Crippen molar-refractivity contribution in [3.05, 3.63) is 16.3 Å². The minimum absolute atomic E-state index is 0.0386. The molecule has 22 heavy (non-hydrogen) atoms.